The summed E-state index contributed by atoms with van der Waals surface area (Å²) >= 11 is 1.50. The SMILES string of the molecule is CC(=O)Nc1ccc(C(=O)Nc2nc(-c3ccccc3)c(C(C)C)s2)cc1. The number of thiazole rings is 1. The number of amides is 2. The number of hydrogen-bond acceptors (Lipinski definition) is 4. The van der Waals surface area contributed by atoms with Crippen molar-refractivity contribution in [3.63, 3.8) is 0 Å². The van der Waals surface area contributed by atoms with Crippen LogP contribution < -0.4 is 10.6 Å². The predicted octanol–water partition coefficient (Wildman–Crippen LogP) is 5.14. The third-order valence-electron chi connectivity index (χ3n) is 3.91. The molecule has 0 atom stereocenters. The Balaban J connectivity index is 1.81. The fraction of sp³-hybridized carbons (Fsp3) is 0.190. The maximum atomic E-state index is 12.5. The van der Waals surface area contributed by atoms with Crippen molar-refractivity contribution < 1.29 is 9.59 Å². The van der Waals surface area contributed by atoms with Gasteiger partial charge >= 0.3 is 0 Å². The van der Waals surface area contributed by atoms with E-state index in [1.165, 1.54) is 18.3 Å². The topological polar surface area (TPSA) is 71.1 Å². The molecule has 3 aromatic rings. The van der Waals surface area contributed by atoms with Gasteiger partial charge in [0.25, 0.3) is 5.91 Å². The average Bonchev–Trinajstić information content (AvgIpc) is 3.06. The monoisotopic (exact) mass is 379 g/mol. The number of aromatic nitrogens is 1. The zero-order chi connectivity index (χ0) is 19.4. The maximum Gasteiger partial charge on any atom is 0.257 e. The van der Waals surface area contributed by atoms with Gasteiger partial charge in [-0.1, -0.05) is 44.2 Å². The molecular formula is C21H21N3O2S. The Hall–Kier alpha value is -2.99. The van der Waals surface area contributed by atoms with Gasteiger partial charge in [0, 0.05) is 28.6 Å². The lowest BCUT2D eigenvalue weighted by atomic mass is 10.1. The first kappa shape index (κ1) is 18.8. The molecule has 0 fully saturated rings. The van der Waals surface area contributed by atoms with Crippen LogP contribution in [-0.4, -0.2) is 16.8 Å². The van der Waals surface area contributed by atoms with Crippen molar-refractivity contribution in [1.29, 1.82) is 0 Å². The van der Waals surface area contributed by atoms with E-state index in [-0.39, 0.29) is 11.8 Å². The van der Waals surface area contributed by atoms with Crippen LogP contribution in [0.3, 0.4) is 0 Å². The molecule has 2 N–H and O–H groups in total. The van der Waals surface area contributed by atoms with Gasteiger partial charge in [-0.3, -0.25) is 14.9 Å². The van der Waals surface area contributed by atoms with Gasteiger partial charge in [-0.25, -0.2) is 4.98 Å². The van der Waals surface area contributed by atoms with E-state index in [2.05, 4.69) is 29.5 Å². The van der Waals surface area contributed by atoms with Crippen molar-refractivity contribution in [1.82, 2.24) is 4.98 Å². The summed E-state index contributed by atoms with van der Waals surface area (Å²) in [5, 5.41) is 6.14. The van der Waals surface area contributed by atoms with Gasteiger partial charge in [-0.15, -0.1) is 11.3 Å². The van der Waals surface area contributed by atoms with E-state index in [1.54, 1.807) is 24.3 Å². The number of hydrogen-bond donors (Lipinski definition) is 2. The molecule has 27 heavy (non-hydrogen) atoms. The molecule has 0 saturated heterocycles. The number of anilines is 2. The number of rotatable bonds is 5. The fourth-order valence-corrected chi connectivity index (χ4v) is 3.64. The predicted molar refractivity (Wildman–Crippen MR) is 110 cm³/mol. The van der Waals surface area contributed by atoms with Crippen molar-refractivity contribution in [2.75, 3.05) is 10.6 Å². The number of nitrogens with zero attached hydrogens (tertiary/aromatic N) is 1. The molecule has 0 unspecified atom stereocenters. The second-order valence-electron chi connectivity index (χ2n) is 6.47. The first-order valence-corrected chi connectivity index (χ1v) is 9.51. The number of nitrogens with one attached hydrogen (secondary N) is 2. The van der Waals surface area contributed by atoms with Gasteiger partial charge in [0.2, 0.25) is 5.91 Å². The Morgan fingerprint density at radius 2 is 1.63 bits per heavy atom. The molecule has 0 spiro atoms. The smallest absolute Gasteiger partial charge is 0.257 e. The third kappa shape index (κ3) is 4.60. The van der Waals surface area contributed by atoms with Crippen LogP contribution in [0.15, 0.2) is 54.6 Å². The van der Waals surface area contributed by atoms with E-state index >= 15 is 0 Å². The molecule has 0 saturated carbocycles. The summed E-state index contributed by atoms with van der Waals surface area (Å²) in [4.78, 5) is 29.4. The van der Waals surface area contributed by atoms with Crippen molar-refractivity contribution in [2.24, 2.45) is 0 Å². The van der Waals surface area contributed by atoms with Gasteiger partial charge in [-0.2, -0.15) is 0 Å². The van der Waals surface area contributed by atoms with E-state index in [4.69, 9.17) is 0 Å². The van der Waals surface area contributed by atoms with Crippen LogP contribution in [0.2, 0.25) is 0 Å². The zero-order valence-corrected chi connectivity index (χ0v) is 16.3. The summed E-state index contributed by atoms with van der Waals surface area (Å²) in [6.07, 6.45) is 0. The summed E-state index contributed by atoms with van der Waals surface area (Å²) in [6.45, 7) is 5.68. The Labute approximate surface area is 162 Å². The highest BCUT2D eigenvalue weighted by atomic mass is 32.1. The summed E-state index contributed by atoms with van der Waals surface area (Å²) in [5.74, 6) is -0.0713. The summed E-state index contributed by atoms with van der Waals surface area (Å²) in [6, 6.07) is 16.7. The minimum absolute atomic E-state index is 0.148. The quantitative estimate of drug-likeness (QED) is 0.644. The number of carbonyl (C=O) groups excluding carboxylic acids is 2. The molecule has 0 aliphatic heterocycles. The molecule has 0 aliphatic carbocycles. The summed E-state index contributed by atoms with van der Waals surface area (Å²) in [7, 11) is 0. The van der Waals surface area contributed by atoms with Gasteiger partial charge in [0.1, 0.15) is 0 Å². The molecule has 1 aromatic heterocycles. The second kappa shape index (κ2) is 8.14. The highest BCUT2D eigenvalue weighted by Crippen LogP contribution is 2.36. The van der Waals surface area contributed by atoms with E-state index in [1.807, 2.05) is 30.3 Å². The summed E-state index contributed by atoms with van der Waals surface area (Å²) < 4.78 is 0. The Kier molecular flexibility index (Phi) is 5.66. The van der Waals surface area contributed by atoms with Crippen molar-refractivity contribution in [2.45, 2.75) is 26.7 Å². The maximum absolute atomic E-state index is 12.5. The van der Waals surface area contributed by atoms with Gasteiger partial charge in [0.05, 0.1) is 5.69 Å². The Morgan fingerprint density at radius 1 is 0.963 bits per heavy atom. The standard InChI is InChI=1S/C21H21N3O2S/c1-13(2)19-18(15-7-5-4-6-8-15)23-21(27-19)24-20(26)16-9-11-17(12-10-16)22-14(3)25/h4-13H,1-3H3,(H,22,25)(H,23,24,26). The highest BCUT2D eigenvalue weighted by Gasteiger charge is 2.17. The van der Waals surface area contributed by atoms with Crippen molar-refractivity contribution in [3.8, 4) is 11.3 Å². The van der Waals surface area contributed by atoms with Crippen LogP contribution in [0, 0.1) is 0 Å². The molecule has 3 rings (SSSR count). The van der Waals surface area contributed by atoms with Gasteiger partial charge in [-0.05, 0) is 30.2 Å². The number of benzene rings is 2. The molecule has 0 aliphatic rings. The number of carbonyl (C=O) groups is 2. The third-order valence-corrected chi connectivity index (χ3v) is 5.18. The lowest BCUT2D eigenvalue weighted by Crippen LogP contribution is -2.12. The Morgan fingerprint density at radius 3 is 2.22 bits per heavy atom. The van der Waals surface area contributed by atoms with E-state index in [0.717, 1.165) is 16.1 Å². The minimum atomic E-state index is -0.229. The van der Waals surface area contributed by atoms with Gasteiger partial charge in [0.15, 0.2) is 5.13 Å². The molecule has 2 aromatic carbocycles. The lowest BCUT2D eigenvalue weighted by Gasteiger charge is -2.04. The molecule has 2 amide bonds. The molecule has 5 nitrogen and oxygen atoms in total. The second-order valence-corrected chi connectivity index (χ2v) is 7.50. The first-order valence-electron chi connectivity index (χ1n) is 8.69. The average molecular weight is 379 g/mol. The van der Waals surface area contributed by atoms with Gasteiger partial charge < -0.3 is 5.32 Å². The normalized spacial score (nSPS) is 10.7. The highest BCUT2D eigenvalue weighted by molar-refractivity contribution is 7.16. The van der Waals surface area contributed by atoms with Crippen LogP contribution in [0.4, 0.5) is 10.8 Å². The van der Waals surface area contributed by atoms with Crippen LogP contribution >= 0.6 is 11.3 Å². The van der Waals surface area contributed by atoms with Crippen molar-refractivity contribution >= 4 is 34.0 Å². The Bertz CT molecular complexity index is 947. The minimum Gasteiger partial charge on any atom is -0.326 e. The van der Waals surface area contributed by atoms with Crippen LogP contribution in [0.25, 0.3) is 11.3 Å². The fourth-order valence-electron chi connectivity index (χ4n) is 2.66. The largest absolute Gasteiger partial charge is 0.326 e. The lowest BCUT2D eigenvalue weighted by molar-refractivity contribution is -0.114. The van der Waals surface area contributed by atoms with Crippen molar-refractivity contribution in [3.05, 3.63) is 65.0 Å². The summed E-state index contributed by atoms with van der Waals surface area (Å²) in [5.41, 5.74) is 3.11. The van der Waals surface area contributed by atoms with Crippen LogP contribution in [0.5, 0.6) is 0 Å². The van der Waals surface area contributed by atoms with Crippen LogP contribution in [-0.2, 0) is 4.79 Å². The van der Waals surface area contributed by atoms with Crippen LogP contribution in [0.1, 0.15) is 41.9 Å². The molecule has 0 radical (unpaired) electrons. The van der Waals surface area contributed by atoms with E-state index in [9.17, 15) is 9.59 Å². The molecule has 1 heterocycles. The molecule has 0 bridgehead atoms. The molecule has 138 valence electrons. The van der Waals surface area contributed by atoms with E-state index < -0.39 is 0 Å². The molecular weight excluding hydrogens is 358 g/mol. The molecule has 6 heteroatoms. The first-order chi connectivity index (χ1) is 12.9. The zero-order valence-electron chi connectivity index (χ0n) is 15.4. The van der Waals surface area contributed by atoms with E-state index in [0.29, 0.717) is 22.3 Å².